The van der Waals surface area contributed by atoms with Crippen LogP contribution in [0.15, 0.2) is 121 Å². The summed E-state index contributed by atoms with van der Waals surface area (Å²) in [5, 5.41) is 0. The average Bonchev–Trinajstić information content (AvgIpc) is 2.76. The molecular weight excluding hydrogens is 585 g/mol. The van der Waals surface area contributed by atoms with Gasteiger partial charge in [0, 0.05) is 0 Å². The van der Waals surface area contributed by atoms with Crippen LogP contribution in [0.2, 0.25) is 0 Å². The molecular formula is C28H29ISb. The molecule has 0 saturated carbocycles. The van der Waals surface area contributed by atoms with Gasteiger partial charge in [0.05, 0.1) is 0 Å². The van der Waals surface area contributed by atoms with E-state index in [1.165, 1.54) is 39.7 Å². The second kappa shape index (κ2) is 11.7. The minimum absolute atomic E-state index is 0. The summed E-state index contributed by atoms with van der Waals surface area (Å²) < 4.78 is 5.05. The number of hydrogen-bond acceptors (Lipinski definition) is 0. The molecule has 30 heavy (non-hydrogen) atoms. The van der Waals surface area contributed by atoms with Crippen molar-refractivity contribution >= 4 is 42.8 Å². The van der Waals surface area contributed by atoms with E-state index in [0.717, 1.165) is 0 Å². The van der Waals surface area contributed by atoms with Crippen molar-refractivity contribution in [3.63, 3.8) is 0 Å². The summed E-state index contributed by atoms with van der Waals surface area (Å²) >= 11 is -2.58. The average molecular weight is 614 g/mol. The van der Waals surface area contributed by atoms with Crippen LogP contribution in [-0.2, 0) is 17.5 Å². The van der Waals surface area contributed by atoms with Crippen LogP contribution in [0.25, 0.3) is 0 Å². The minimum atomic E-state index is -2.58. The Balaban J connectivity index is 0.00000256. The molecule has 2 heteroatoms. The van der Waals surface area contributed by atoms with Crippen LogP contribution >= 0.6 is 24.0 Å². The van der Waals surface area contributed by atoms with Gasteiger partial charge in [-0.05, 0) is 0 Å². The zero-order chi connectivity index (χ0) is 19.8. The predicted molar refractivity (Wildman–Crippen MR) is 142 cm³/mol. The van der Waals surface area contributed by atoms with E-state index in [1.54, 1.807) is 0 Å². The van der Waals surface area contributed by atoms with E-state index in [9.17, 15) is 0 Å². The molecule has 4 rings (SSSR count). The molecule has 0 atom stereocenters. The van der Waals surface area contributed by atoms with Gasteiger partial charge in [-0.25, -0.2) is 0 Å². The third-order valence-electron chi connectivity index (χ3n) is 5.44. The molecule has 4 aromatic rings. The molecule has 0 aliphatic heterocycles. The Kier molecular flexibility index (Phi) is 9.02. The normalized spacial score (nSPS) is 10.9. The van der Waals surface area contributed by atoms with Crippen LogP contribution in [0, 0.1) is 0 Å². The number of rotatable bonds is 8. The first-order valence-electron chi connectivity index (χ1n) is 10.3. The van der Waals surface area contributed by atoms with Gasteiger partial charge < -0.3 is 0 Å². The van der Waals surface area contributed by atoms with E-state index in [0.29, 0.717) is 0 Å². The summed E-state index contributed by atoms with van der Waals surface area (Å²) in [6.45, 7) is 0. The SMILES string of the molecule is I.c1ccc([CH2][Sb]([CH2]c2ccccc2)([CH2]c2ccccc2)[CH2]c2ccccc2)cc1. The molecule has 0 aliphatic rings. The molecule has 4 aromatic carbocycles. The molecule has 0 heterocycles. The van der Waals surface area contributed by atoms with Crippen molar-refractivity contribution < 1.29 is 0 Å². The van der Waals surface area contributed by atoms with E-state index in [2.05, 4.69) is 121 Å². The summed E-state index contributed by atoms with van der Waals surface area (Å²) in [5.74, 6) is 0. The molecule has 0 unspecified atom stereocenters. The first-order chi connectivity index (χ1) is 14.3. The van der Waals surface area contributed by atoms with E-state index in [-0.39, 0.29) is 24.0 Å². The van der Waals surface area contributed by atoms with Gasteiger partial charge >= 0.3 is 180 Å². The van der Waals surface area contributed by atoms with E-state index in [1.807, 2.05) is 0 Å². The van der Waals surface area contributed by atoms with Crippen LogP contribution in [-0.4, -0.2) is 18.8 Å². The first kappa shape index (κ1) is 23.1. The van der Waals surface area contributed by atoms with E-state index >= 15 is 0 Å². The van der Waals surface area contributed by atoms with Crippen molar-refractivity contribution in [2.75, 3.05) is 0 Å². The summed E-state index contributed by atoms with van der Waals surface area (Å²) in [6.07, 6.45) is 0. The van der Waals surface area contributed by atoms with Crippen LogP contribution in [0.5, 0.6) is 0 Å². The molecule has 0 spiro atoms. The van der Waals surface area contributed by atoms with Gasteiger partial charge in [-0.2, -0.15) is 0 Å². The van der Waals surface area contributed by atoms with Gasteiger partial charge in [0.2, 0.25) is 0 Å². The molecule has 0 fully saturated rings. The Morgan fingerprint density at radius 2 is 0.533 bits per heavy atom. The molecule has 0 N–H and O–H groups in total. The van der Waals surface area contributed by atoms with Crippen LogP contribution in [0.1, 0.15) is 22.3 Å². The quantitative estimate of drug-likeness (QED) is 0.146. The Morgan fingerprint density at radius 1 is 0.333 bits per heavy atom. The molecule has 153 valence electrons. The second-order valence-electron chi connectivity index (χ2n) is 7.92. The van der Waals surface area contributed by atoms with Crippen molar-refractivity contribution in [2.24, 2.45) is 0 Å². The third-order valence-corrected chi connectivity index (χ3v) is 17.3. The van der Waals surface area contributed by atoms with Gasteiger partial charge in [0.15, 0.2) is 0 Å². The summed E-state index contributed by atoms with van der Waals surface area (Å²) in [4.78, 5) is 0. The molecule has 1 radical (unpaired) electrons. The van der Waals surface area contributed by atoms with E-state index < -0.39 is 18.8 Å². The van der Waals surface area contributed by atoms with Crippen molar-refractivity contribution in [3.8, 4) is 0 Å². The van der Waals surface area contributed by atoms with Crippen molar-refractivity contribution in [1.82, 2.24) is 0 Å². The van der Waals surface area contributed by atoms with Crippen LogP contribution in [0.4, 0.5) is 0 Å². The monoisotopic (exact) mass is 613 g/mol. The fourth-order valence-corrected chi connectivity index (χ4v) is 17.4. The summed E-state index contributed by atoms with van der Waals surface area (Å²) in [7, 11) is 0. The molecule has 0 nitrogen and oxygen atoms in total. The first-order valence-corrected chi connectivity index (χ1v) is 17.5. The van der Waals surface area contributed by atoms with E-state index in [4.69, 9.17) is 0 Å². The number of halogens is 1. The van der Waals surface area contributed by atoms with Gasteiger partial charge in [-0.15, -0.1) is 24.0 Å². The Bertz CT molecular complexity index is 814. The van der Waals surface area contributed by atoms with Crippen molar-refractivity contribution in [3.05, 3.63) is 144 Å². The second-order valence-corrected chi connectivity index (χ2v) is 19.2. The maximum atomic E-state index is 2.32. The van der Waals surface area contributed by atoms with Gasteiger partial charge in [0.1, 0.15) is 0 Å². The fraction of sp³-hybridized carbons (Fsp3) is 0.143. The van der Waals surface area contributed by atoms with Crippen LogP contribution < -0.4 is 0 Å². The van der Waals surface area contributed by atoms with Gasteiger partial charge in [0.25, 0.3) is 0 Å². The van der Waals surface area contributed by atoms with Crippen molar-refractivity contribution in [2.45, 2.75) is 17.5 Å². The Hall–Kier alpha value is -1.57. The predicted octanol–water partition coefficient (Wildman–Crippen LogP) is 7.18. The molecule has 0 amide bonds. The Morgan fingerprint density at radius 3 is 0.733 bits per heavy atom. The summed E-state index contributed by atoms with van der Waals surface area (Å²) in [5.41, 5.74) is 6.00. The van der Waals surface area contributed by atoms with Gasteiger partial charge in [-0.1, -0.05) is 0 Å². The molecule has 0 aromatic heterocycles. The zero-order valence-electron chi connectivity index (χ0n) is 17.2. The topological polar surface area (TPSA) is 0 Å². The summed E-state index contributed by atoms with van der Waals surface area (Å²) in [6, 6.07) is 44.6. The fourth-order valence-electron chi connectivity index (χ4n) is 4.22. The molecule has 0 saturated heterocycles. The Labute approximate surface area is 202 Å². The van der Waals surface area contributed by atoms with Crippen molar-refractivity contribution in [1.29, 1.82) is 0 Å². The maximum absolute atomic E-state index is 2.58. The zero-order valence-corrected chi connectivity index (χ0v) is 22.1. The van der Waals surface area contributed by atoms with Crippen LogP contribution in [0.3, 0.4) is 0 Å². The number of benzene rings is 4. The molecule has 0 bridgehead atoms. The van der Waals surface area contributed by atoms with Gasteiger partial charge in [-0.3, -0.25) is 0 Å². The third kappa shape index (κ3) is 6.72. The standard InChI is InChI=1S/4C7H7.HI.Sb/c4*1-7-5-3-2-4-6-7;;/h4*2-6H,1H2;1H;. The number of hydrogen-bond donors (Lipinski definition) is 0. The molecule has 0 aliphatic carbocycles.